The van der Waals surface area contributed by atoms with Crippen molar-refractivity contribution in [1.29, 1.82) is 0 Å². The molecule has 1 N–H and O–H groups in total. The topological polar surface area (TPSA) is 104 Å². The number of rotatable bonds is 4. The van der Waals surface area contributed by atoms with Gasteiger partial charge in [0.15, 0.2) is 0 Å². The molecule has 2 saturated heterocycles. The molecule has 2 aromatic rings. The second-order valence-corrected chi connectivity index (χ2v) is 8.95. The number of carbonyl (C=O) groups is 2. The molecule has 0 radical (unpaired) electrons. The lowest BCUT2D eigenvalue weighted by Crippen LogP contribution is -2.40. The van der Waals surface area contributed by atoms with E-state index in [1.54, 1.807) is 0 Å². The van der Waals surface area contributed by atoms with Crippen LogP contribution in [0.2, 0.25) is 0 Å². The molecule has 0 bridgehead atoms. The van der Waals surface area contributed by atoms with Gasteiger partial charge in [0.05, 0.1) is 12.2 Å². The third kappa shape index (κ3) is 2.82. The SMILES string of the molecule is CCC(=O)N1C[C@@H]2CN(C(=O)c3c(-n4cnnn4)sc(C)c3C)C[C@]2(CO)C1. The molecule has 2 amide bonds. The van der Waals surface area contributed by atoms with Crippen LogP contribution in [0.4, 0.5) is 0 Å². The average molecular weight is 404 g/mol. The molecular formula is C18H24N6O3S. The molecule has 4 heterocycles. The minimum Gasteiger partial charge on any atom is -0.396 e. The second kappa shape index (κ2) is 6.93. The second-order valence-electron chi connectivity index (χ2n) is 7.75. The van der Waals surface area contributed by atoms with Gasteiger partial charge in [0.2, 0.25) is 5.91 Å². The Hall–Kier alpha value is -2.33. The van der Waals surface area contributed by atoms with E-state index in [0.717, 1.165) is 10.4 Å². The summed E-state index contributed by atoms with van der Waals surface area (Å²) in [6, 6.07) is 0. The molecule has 0 saturated carbocycles. The number of hydrogen-bond donors (Lipinski definition) is 1. The van der Waals surface area contributed by atoms with Crippen molar-refractivity contribution in [2.45, 2.75) is 27.2 Å². The molecule has 2 atom stereocenters. The van der Waals surface area contributed by atoms with E-state index < -0.39 is 5.41 Å². The van der Waals surface area contributed by atoms with Gasteiger partial charge in [0, 0.05) is 48.8 Å². The van der Waals surface area contributed by atoms with E-state index in [1.165, 1.54) is 22.3 Å². The molecule has 9 nitrogen and oxygen atoms in total. The highest BCUT2D eigenvalue weighted by Crippen LogP contribution is 2.43. The molecule has 4 rings (SSSR count). The smallest absolute Gasteiger partial charge is 0.257 e. The van der Waals surface area contributed by atoms with Gasteiger partial charge in [-0.2, -0.15) is 4.68 Å². The summed E-state index contributed by atoms with van der Waals surface area (Å²) in [7, 11) is 0. The molecule has 10 heteroatoms. The van der Waals surface area contributed by atoms with Crippen molar-refractivity contribution in [3.8, 4) is 5.00 Å². The Labute approximate surface area is 166 Å². The van der Waals surface area contributed by atoms with Crippen molar-refractivity contribution < 1.29 is 14.7 Å². The number of carbonyl (C=O) groups excluding carboxylic acids is 2. The van der Waals surface area contributed by atoms with E-state index in [1.807, 2.05) is 30.6 Å². The number of aryl methyl sites for hydroxylation is 1. The van der Waals surface area contributed by atoms with Crippen LogP contribution in [0.25, 0.3) is 5.00 Å². The first-order valence-corrected chi connectivity index (χ1v) is 10.2. The van der Waals surface area contributed by atoms with E-state index in [2.05, 4.69) is 15.5 Å². The number of hydrogen-bond acceptors (Lipinski definition) is 7. The van der Waals surface area contributed by atoms with Crippen molar-refractivity contribution in [3.05, 3.63) is 22.3 Å². The zero-order valence-corrected chi connectivity index (χ0v) is 17.1. The molecular weight excluding hydrogens is 380 g/mol. The van der Waals surface area contributed by atoms with Crippen molar-refractivity contribution in [3.63, 3.8) is 0 Å². The molecule has 0 aliphatic carbocycles. The monoisotopic (exact) mass is 404 g/mol. The lowest BCUT2D eigenvalue weighted by atomic mass is 9.82. The summed E-state index contributed by atoms with van der Waals surface area (Å²) in [6.07, 6.45) is 1.95. The summed E-state index contributed by atoms with van der Waals surface area (Å²) in [5.41, 5.74) is 1.11. The third-order valence-corrected chi connectivity index (χ3v) is 7.35. The highest BCUT2D eigenvalue weighted by atomic mass is 32.1. The standard InChI is InChI=1S/C18H24N6O3S/c1-4-14(26)22-5-13-6-23(8-18(13,7-22)9-25)16(27)15-11(2)12(3)28-17(15)24-10-19-20-21-24/h10,13,25H,4-9H2,1-3H3/t13-,18+/m1/s1. The number of aliphatic hydroxyl groups excluding tert-OH is 1. The maximum absolute atomic E-state index is 13.4. The number of tetrazole rings is 1. The molecule has 0 unspecified atom stereocenters. The van der Waals surface area contributed by atoms with Crippen molar-refractivity contribution in [2.24, 2.45) is 11.3 Å². The van der Waals surface area contributed by atoms with Crippen LogP contribution in [0.1, 0.15) is 34.1 Å². The fourth-order valence-corrected chi connectivity index (χ4v) is 5.47. The summed E-state index contributed by atoms with van der Waals surface area (Å²) in [5, 5.41) is 22.2. The number of fused-ring (bicyclic) bond motifs is 1. The van der Waals surface area contributed by atoms with E-state index in [-0.39, 0.29) is 24.3 Å². The number of thiophene rings is 1. The van der Waals surface area contributed by atoms with Gasteiger partial charge in [0.25, 0.3) is 5.91 Å². The van der Waals surface area contributed by atoms with Gasteiger partial charge >= 0.3 is 0 Å². The lowest BCUT2D eigenvalue weighted by molar-refractivity contribution is -0.130. The predicted molar refractivity (Wildman–Crippen MR) is 102 cm³/mol. The highest BCUT2D eigenvalue weighted by molar-refractivity contribution is 7.15. The first-order chi connectivity index (χ1) is 13.4. The van der Waals surface area contributed by atoms with E-state index in [0.29, 0.717) is 43.2 Å². The number of aromatic nitrogens is 4. The normalized spacial score (nSPS) is 24.1. The van der Waals surface area contributed by atoms with Crippen LogP contribution in [0.5, 0.6) is 0 Å². The predicted octanol–water partition coefficient (Wildman–Crippen LogP) is 0.644. The number of amides is 2. The molecule has 2 aliphatic heterocycles. The Kier molecular flexibility index (Phi) is 4.70. The average Bonchev–Trinajstić information content (AvgIpc) is 3.43. The maximum atomic E-state index is 13.4. The van der Waals surface area contributed by atoms with Crippen molar-refractivity contribution in [1.82, 2.24) is 30.0 Å². The summed E-state index contributed by atoms with van der Waals surface area (Å²) >= 11 is 1.49. The molecule has 2 fully saturated rings. The number of likely N-dealkylation sites (tertiary alicyclic amines) is 2. The molecule has 2 aliphatic rings. The van der Waals surface area contributed by atoms with E-state index >= 15 is 0 Å². The van der Waals surface area contributed by atoms with Crippen LogP contribution >= 0.6 is 11.3 Å². The molecule has 150 valence electrons. The van der Waals surface area contributed by atoms with Crippen LogP contribution in [0.15, 0.2) is 6.33 Å². The van der Waals surface area contributed by atoms with Gasteiger partial charge in [-0.15, -0.1) is 16.4 Å². The Bertz CT molecular complexity index is 911. The van der Waals surface area contributed by atoms with Crippen molar-refractivity contribution in [2.75, 3.05) is 32.8 Å². The van der Waals surface area contributed by atoms with Crippen LogP contribution in [0.3, 0.4) is 0 Å². The molecule has 28 heavy (non-hydrogen) atoms. The van der Waals surface area contributed by atoms with E-state index in [4.69, 9.17) is 0 Å². The largest absolute Gasteiger partial charge is 0.396 e. The summed E-state index contributed by atoms with van der Waals surface area (Å²) < 4.78 is 1.53. The Morgan fingerprint density at radius 2 is 2.00 bits per heavy atom. The molecule has 2 aromatic heterocycles. The van der Waals surface area contributed by atoms with Gasteiger partial charge in [0.1, 0.15) is 11.3 Å². The quantitative estimate of drug-likeness (QED) is 0.802. The van der Waals surface area contributed by atoms with Gasteiger partial charge < -0.3 is 14.9 Å². The fourth-order valence-electron chi connectivity index (χ4n) is 4.41. The van der Waals surface area contributed by atoms with Gasteiger partial charge in [-0.1, -0.05) is 6.92 Å². The number of aliphatic hydroxyl groups is 1. The summed E-state index contributed by atoms with van der Waals surface area (Å²) in [6.45, 7) is 7.82. The Morgan fingerprint density at radius 3 is 2.61 bits per heavy atom. The minimum absolute atomic E-state index is 0.0313. The molecule has 0 aromatic carbocycles. The minimum atomic E-state index is -0.436. The molecule has 0 spiro atoms. The van der Waals surface area contributed by atoms with E-state index in [9.17, 15) is 14.7 Å². The zero-order chi connectivity index (χ0) is 20.1. The Morgan fingerprint density at radius 1 is 1.29 bits per heavy atom. The highest BCUT2D eigenvalue weighted by Gasteiger charge is 2.54. The van der Waals surface area contributed by atoms with Crippen LogP contribution < -0.4 is 0 Å². The third-order valence-electron chi connectivity index (χ3n) is 6.15. The zero-order valence-electron chi connectivity index (χ0n) is 16.3. The summed E-state index contributed by atoms with van der Waals surface area (Å²) in [5.74, 6) is 0.127. The first kappa shape index (κ1) is 19.0. The lowest BCUT2D eigenvalue weighted by Gasteiger charge is -2.27. The number of nitrogens with zero attached hydrogens (tertiary/aromatic N) is 6. The fraction of sp³-hybridized carbons (Fsp3) is 0.611. The van der Waals surface area contributed by atoms with Crippen LogP contribution in [-0.2, 0) is 4.79 Å². The van der Waals surface area contributed by atoms with Gasteiger partial charge in [-0.05, 0) is 29.8 Å². The summed E-state index contributed by atoms with van der Waals surface area (Å²) in [4.78, 5) is 30.2. The first-order valence-electron chi connectivity index (χ1n) is 9.41. The van der Waals surface area contributed by atoms with Gasteiger partial charge in [-0.3, -0.25) is 9.59 Å². The Balaban J connectivity index is 1.61. The maximum Gasteiger partial charge on any atom is 0.257 e. The van der Waals surface area contributed by atoms with Crippen molar-refractivity contribution >= 4 is 23.2 Å². The van der Waals surface area contributed by atoms with Gasteiger partial charge in [-0.25, -0.2) is 0 Å². The van der Waals surface area contributed by atoms with Crippen LogP contribution in [0, 0.1) is 25.2 Å². The van der Waals surface area contributed by atoms with Crippen LogP contribution in [-0.4, -0.2) is 79.7 Å².